The number of alkyl halides is 1. The van der Waals surface area contributed by atoms with Gasteiger partial charge in [0.2, 0.25) is 0 Å². The molecule has 16 heavy (non-hydrogen) atoms. The summed E-state index contributed by atoms with van der Waals surface area (Å²) in [5.74, 6) is -0.694. The summed E-state index contributed by atoms with van der Waals surface area (Å²) >= 11 is 5.62. The van der Waals surface area contributed by atoms with Crippen molar-refractivity contribution < 1.29 is 14.3 Å². The smallest absolute Gasteiger partial charge is 0.324 e. The summed E-state index contributed by atoms with van der Waals surface area (Å²) in [6.45, 7) is 7.27. The van der Waals surface area contributed by atoms with Crippen LogP contribution in [-0.2, 0) is 14.3 Å². The van der Waals surface area contributed by atoms with E-state index in [-0.39, 0.29) is 11.2 Å². The molecule has 0 fully saturated rings. The third kappa shape index (κ3) is 2.85. The van der Waals surface area contributed by atoms with Crippen molar-refractivity contribution in [3.8, 4) is 0 Å². The van der Waals surface area contributed by atoms with Crippen molar-refractivity contribution in [2.45, 2.75) is 45.6 Å². The van der Waals surface area contributed by atoms with Gasteiger partial charge in [0, 0.05) is 5.41 Å². The number of ether oxygens (including phenoxy) is 1. The summed E-state index contributed by atoms with van der Waals surface area (Å²) in [7, 11) is 0. The second-order valence-corrected chi connectivity index (χ2v) is 5.65. The minimum Gasteiger partial charge on any atom is -0.452 e. The molecule has 0 aromatic heterocycles. The van der Waals surface area contributed by atoms with Gasteiger partial charge in [-0.25, -0.2) is 0 Å². The average molecular weight is 245 g/mol. The number of hydrogen-bond acceptors (Lipinski definition) is 3. The van der Waals surface area contributed by atoms with Gasteiger partial charge in [-0.2, -0.15) is 0 Å². The first-order chi connectivity index (χ1) is 7.24. The predicted octanol–water partition coefficient (Wildman–Crippen LogP) is 2.47. The van der Waals surface area contributed by atoms with Crippen LogP contribution in [-0.4, -0.2) is 23.2 Å². The van der Waals surface area contributed by atoms with Crippen LogP contribution < -0.4 is 0 Å². The predicted molar refractivity (Wildman–Crippen MR) is 62.4 cm³/mol. The monoisotopic (exact) mass is 244 g/mol. The second-order valence-electron chi connectivity index (χ2n) is 4.99. The van der Waals surface area contributed by atoms with Crippen molar-refractivity contribution in [3.63, 3.8) is 0 Å². The van der Waals surface area contributed by atoms with Crippen molar-refractivity contribution >= 4 is 23.4 Å². The summed E-state index contributed by atoms with van der Waals surface area (Å²) in [4.78, 5) is 23.2. The Morgan fingerprint density at radius 2 is 2.19 bits per heavy atom. The van der Waals surface area contributed by atoms with Gasteiger partial charge in [0.25, 0.3) is 0 Å². The van der Waals surface area contributed by atoms with Gasteiger partial charge in [0.1, 0.15) is 5.38 Å². The van der Waals surface area contributed by atoms with E-state index in [1.54, 1.807) is 6.08 Å². The highest BCUT2D eigenvalue weighted by atomic mass is 35.5. The first-order valence-corrected chi connectivity index (χ1v) is 5.73. The van der Waals surface area contributed by atoms with Crippen LogP contribution in [0.3, 0.4) is 0 Å². The molecule has 0 bridgehead atoms. The molecule has 0 saturated heterocycles. The largest absolute Gasteiger partial charge is 0.452 e. The summed E-state index contributed by atoms with van der Waals surface area (Å²) in [5, 5.41) is -0.726. The van der Waals surface area contributed by atoms with E-state index < -0.39 is 17.5 Å². The molecule has 1 aliphatic rings. The number of allylic oxidation sites excluding steroid dienone is 1. The maximum atomic E-state index is 11.8. The average Bonchev–Trinajstić information content (AvgIpc) is 2.09. The summed E-state index contributed by atoms with van der Waals surface area (Å²) in [5.41, 5.74) is 0.651. The number of ketones is 1. The lowest BCUT2D eigenvalue weighted by Gasteiger charge is -2.35. The topological polar surface area (TPSA) is 43.4 Å². The third-order valence-electron chi connectivity index (χ3n) is 2.65. The molecule has 0 aromatic rings. The molecule has 0 aliphatic heterocycles. The fraction of sp³-hybridized carbons (Fsp3) is 0.667. The lowest BCUT2D eigenvalue weighted by atomic mass is 9.74. The van der Waals surface area contributed by atoms with Crippen molar-refractivity contribution in [2.75, 3.05) is 0 Å². The van der Waals surface area contributed by atoms with Crippen LogP contribution in [0.4, 0.5) is 0 Å². The third-order valence-corrected chi connectivity index (χ3v) is 2.83. The zero-order valence-electron chi connectivity index (χ0n) is 10.0. The zero-order valence-corrected chi connectivity index (χ0v) is 10.8. The van der Waals surface area contributed by atoms with Gasteiger partial charge in [-0.3, -0.25) is 9.59 Å². The van der Waals surface area contributed by atoms with Gasteiger partial charge in [-0.1, -0.05) is 19.4 Å². The van der Waals surface area contributed by atoms with Gasteiger partial charge in [0.05, 0.1) is 0 Å². The van der Waals surface area contributed by atoms with E-state index in [0.717, 1.165) is 12.0 Å². The van der Waals surface area contributed by atoms with Crippen LogP contribution in [0.2, 0.25) is 0 Å². The summed E-state index contributed by atoms with van der Waals surface area (Å²) < 4.78 is 5.16. The molecule has 2 atom stereocenters. The van der Waals surface area contributed by atoms with Crippen LogP contribution in [0.5, 0.6) is 0 Å². The van der Waals surface area contributed by atoms with Gasteiger partial charge in [-0.05, 0) is 26.3 Å². The zero-order chi connectivity index (χ0) is 12.5. The number of rotatable bonds is 2. The van der Waals surface area contributed by atoms with E-state index in [2.05, 4.69) is 0 Å². The number of esters is 1. The molecule has 2 unspecified atom stereocenters. The van der Waals surface area contributed by atoms with Gasteiger partial charge < -0.3 is 4.74 Å². The minimum absolute atomic E-state index is 0.153. The first-order valence-electron chi connectivity index (χ1n) is 5.29. The van der Waals surface area contributed by atoms with E-state index in [0.29, 0.717) is 0 Å². The van der Waals surface area contributed by atoms with Crippen LogP contribution in [0, 0.1) is 5.41 Å². The molecule has 0 heterocycles. The van der Waals surface area contributed by atoms with E-state index in [4.69, 9.17) is 16.3 Å². The highest BCUT2D eigenvalue weighted by molar-refractivity contribution is 6.29. The van der Waals surface area contributed by atoms with E-state index in [9.17, 15) is 9.59 Å². The molecule has 1 rings (SSSR count). The first kappa shape index (κ1) is 13.2. The summed E-state index contributed by atoms with van der Waals surface area (Å²) in [6, 6.07) is 0. The van der Waals surface area contributed by atoms with Crippen LogP contribution in [0.15, 0.2) is 11.6 Å². The second kappa shape index (κ2) is 4.58. The molecule has 4 heteroatoms. The van der Waals surface area contributed by atoms with E-state index in [1.807, 2.05) is 20.8 Å². The maximum Gasteiger partial charge on any atom is 0.324 e. The standard InChI is InChI=1S/C12H17ClO3/c1-7-5-9(14)10(12(3,4)6-7)16-11(15)8(2)13/h5,8,10H,6H2,1-4H3. The number of halogens is 1. The SMILES string of the molecule is CC1=CC(=O)C(OC(=O)C(C)Cl)C(C)(C)C1. The van der Waals surface area contributed by atoms with Gasteiger partial charge >= 0.3 is 5.97 Å². The molecule has 90 valence electrons. The fourth-order valence-electron chi connectivity index (χ4n) is 1.99. The van der Waals surface area contributed by atoms with Crippen molar-refractivity contribution in [2.24, 2.45) is 5.41 Å². The fourth-order valence-corrected chi connectivity index (χ4v) is 2.04. The Morgan fingerprint density at radius 1 is 1.62 bits per heavy atom. The highest BCUT2D eigenvalue weighted by Crippen LogP contribution is 2.36. The quantitative estimate of drug-likeness (QED) is 0.554. The number of hydrogen-bond donors (Lipinski definition) is 0. The Balaban J connectivity index is 2.86. The van der Waals surface area contributed by atoms with Crippen molar-refractivity contribution in [3.05, 3.63) is 11.6 Å². The summed E-state index contributed by atoms with van der Waals surface area (Å²) in [6.07, 6.45) is 1.57. The maximum absolute atomic E-state index is 11.8. The molecule has 0 amide bonds. The molecule has 0 aromatic carbocycles. The Bertz CT molecular complexity index is 342. The Morgan fingerprint density at radius 3 is 2.62 bits per heavy atom. The van der Waals surface area contributed by atoms with Crippen LogP contribution in [0.1, 0.15) is 34.1 Å². The van der Waals surface area contributed by atoms with Gasteiger partial charge in [-0.15, -0.1) is 11.6 Å². The van der Waals surface area contributed by atoms with E-state index in [1.165, 1.54) is 6.92 Å². The number of carbonyl (C=O) groups is 2. The Hall–Kier alpha value is -0.830. The Labute approximate surface area is 101 Å². The molecular formula is C12H17ClO3. The van der Waals surface area contributed by atoms with Gasteiger partial charge in [0.15, 0.2) is 11.9 Å². The van der Waals surface area contributed by atoms with Crippen molar-refractivity contribution in [1.29, 1.82) is 0 Å². The minimum atomic E-state index is -0.726. The van der Waals surface area contributed by atoms with Crippen molar-refractivity contribution in [1.82, 2.24) is 0 Å². The molecule has 0 radical (unpaired) electrons. The lowest BCUT2D eigenvalue weighted by molar-refractivity contribution is -0.160. The lowest BCUT2D eigenvalue weighted by Crippen LogP contribution is -2.43. The molecule has 0 N–H and O–H groups in total. The Kier molecular flexibility index (Phi) is 3.79. The van der Waals surface area contributed by atoms with Crippen LogP contribution in [0.25, 0.3) is 0 Å². The normalized spacial score (nSPS) is 25.9. The molecular weight excluding hydrogens is 228 g/mol. The molecule has 3 nitrogen and oxygen atoms in total. The molecule has 1 aliphatic carbocycles. The highest BCUT2D eigenvalue weighted by Gasteiger charge is 2.40. The van der Waals surface area contributed by atoms with E-state index >= 15 is 0 Å². The number of carbonyl (C=O) groups excluding carboxylic acids is 2. The molecule has 0 saturated carbocycles. The van der Waals surface area contributed by atoms with Crippen LogP contribution >= 0.6 is 11.6 Å². The molecule has 0 spiro atoms.